The second-order valence-electron chi connectivity index (χ2n) is 6.57. The molecule has 0 saturated heterocycles. The Hall–Kier alpha value is -4.37. The van der Waals surface area contributed by atoms with Gasteiger partial charge in [-0.2, -0.15) is 0 Å². The van der Waals surface area contributed by atoms with E-state index >= 15 is 0 Å². The molecule has 0 unspecified atom stereocenters. The van der Waals surface area contributed by atoms with E-state index in [1.807, 2.05) is 0 Å². The van der Waals surface area contributed by atoms with Crippen molar-refractivity contribution in [2.75, 3.05) is 24.7 Å². The molecule has 0 atom stereocenters. The lowest BCUT2D eigenvalue weighted by molar-refractivity contribution is -0.145. The van der Waals surface area contributed by atoms with Crippen molar-refractivity contribution in [2.24, 2.45) is 0 Å². The van der Waals surface area contributed by atoms with Crippen molar-refractivity contribution in [1.82, 2.24) is 45.0 Å². The average Bonchev–Trinajstić information content (AvgIpc) is 3.52. The highest BCUT2D eigenvalue weighted by atomic mass is 16.5. The molecule has 0 spiro atoms. The number of hydrogen-bond donors (Lipinski definition) is 0. The molecule has 0 aliphatic carbocycles. The van der Waals surface area contributed by atoms with E-state index in [4.69, 9.17) is 14.2 Å². The van der Waals surface area contributed by atoms with Crippen LogP contribution in [-0.4, -0.2) is 82.7 Å². The van der Waals surface area contributed by atoms with Gasteiger partial charge in [0.25, 0.3) is 0 Å². The topological polar surface area (TPSA) is 174 Å². The molecule has 3 heterocycles. The van der Waals surface area contributed by atoms with Crippen molar-refractivity contribution in [3.05, 3.63) is 18.6 Å². The van der Waals surface area contributed by atoms with Gasteiger partial charge >= 0.3 is 17.9 Å². The van der Waals surface area contributed by atoms with Crippen LogP contribution in [0, 0.1) is 0 Å². The minimum atomic E-state index is -0.480. The Morgan fingerprint density at radius 2 is 0.941 bits per heavy atom. The molecule has 3 aromatic rings. The molecule has 0 aliphatic rings. The molecule has 182 valence electrons. The first-order chi connectivity index (χ1) is 16.4. The average molecular weight is 476 g/mol. The monoisotopic (exact) mass is 476 g/mol. The van der Waals surface area contributed by atoms with Gasteiger partial charge in [0.15, 0.2) is 17.5 Å². The Morgan fingerprint density at radius 3 is 1.21 bits per heavy atom. The summed E-state index contributed by atoms with van der Waals surface area (Å²) in [4.78, 5) is 36.8. The zero-order chi connectivity index (χ0) is 24.5. The lowest BCUT2D eigenvalue weighted by Gasteiger charge is -2.14. The highest BCUT2D eigenvalue weighted by Crippen LogP contribution is 2.29. The van der Waals surface area contributed by atoms with Crippen LogP contribution >= 0.6 is 0 Å². The molecule has 0 saturated carbocycles. The molecule has 0 bridgehead atoms. The molecular formula is C18H24N10O6. The van der Waals surface area contributed by atoms with Crippen LogP contribution in [0.3, 0.4) is 0 Å². The fraction of sp³-hybridized carbons (Fsp3) is 0.500. The van der Waals surface area contributed by atoms with Gasteiger partial charge in [-0.3, -0.25) is 19.3 Å². The molecule has 34 heavy (non-hydrogen) atoms. The first-order valence-electron chi connectivity index (χ1n) is 10.4. The summed E-state index contributed by atoms with van der Waals surface area (Å²) in [5.41, 5.74) is 0. The third-order valence-electron chi connectivity index (χ3n) is 4.06. The van der Waals surface area contributed by atoms with Crippen molar-refractivity contribution in [2.45, 2.75) is 40.4 Å². The van der Waals surface area contributed by atoms with E-state index in [2.05, 4.69) is 30.9 Å². The Balaban J connectivity index is 1.89. The van der Waals surface area contributed by atoms with Gasteiger partial charge in [-0.1, -0.05) is 15.6 Å². The number of esters is 3. The summed E-state index contributed by atoms with van der Waals surface area (Å²) in [6.07, 6.45) is 4.43. The quantitative estimate of drug-likeness (QED) is 0.244. The first kappa shape index (κ1) is 24.3. The summed E-state index contributed by atoms with van der Waals surface area (Å²) < 4.78 is 18.6. The van der Waals surface area contributed by atoms with Crippen molar-refractivity contribution in [1.29, 1.82) is 0 Å². The SMILES string of the molecule is CCOC(=O)Cn1cc(N(c2cn(CC(=O)OCC)nn2)c2cn(CC(=O)OCC)nn2)nn1. The van der Waals surface area contributed by atoms with Crippen LogP contribution in [0.5, 0.6) is 0 Å². The molecule has 16 heteroatoms. The predicted molar refractivity (Wildman–Crippen MR) is 112 cm³/mol. The molecule has 0 radical (unpaired) electrons. The maximum absolute atomic E-state index is 11.8. The van der Waals surface area contributed by atoms with Crippen LogP contribution in [0.2, 0.25) is 0 Å². The molecule has 16 nitrogen and oxygen atoms in total. The molecule has 0 aromatic carbocycles. The Labute approximate surface area is 193 Å². The predicted octanol–water partition coefficient (Wildman–Crippen LogP) is -0.380. The summed E-state index contributed by atoms with van der Waals surface area (Å²) in [6.45, 7) is 5.35. The van der Waals surface area contributed by atoms with Gasteiger partial charge in [-0.25, -0.2) is 14.0 Å². The zero-order valence-electron chi connectivity index (χ0n) is 18.9. The van der Waals surface area contributed by atoms with E-state index in [1.54, 1.807) is 20.8 Å². The maximum Gasteiger partial charge on any atom is 0.327 e. The largest absolute Gasteiger partial charge is 0.465 e. The van der Waals surface area contributed by atoms with Crippen LogP contribution in [0.15, 0.2) is 18.6 Å². The van der Waals surface area contributed by atoms with Crippen molar-refractivity contribution in [3.8, 4) is 0 Å². The van der Waals surface area contributed by atoms with Crippen molar-refractivity contribution < 1.29 is 28.6 Å². The number of carbonyl (C=O) groups is 3. The molecule has 0 aliphatic heterocycles. The van der Waals surface area contributed by atoms with Gasteiger partial charge < -0.3 is 14.2 Å². The van der Waals surface area contributed by atoms with E-state index in [0.717, 1.165) is 0 Å². The fourth-order valence-corrected chi connectivity index (χ4v) is 2.77. The third-order valence-corrected chi connectivity index (χ3v) is 4.06. The molecule has 3 rings (SSSR count). The Morgan fingerprint density at radius 1 is 0.647 bits per heavy atom. The summed E-state index contributed by atoms with van der Waals surface area (Å²) in [7, 11) is 0. The molecule has 0 amide bonds. The summed E-state index contributed by atoms with van der Waals surface area (Å²) in [5.74, 6) is -0.745. The highest BCUT2D eigenvalue weighted by Gasteiger charge is 2.23. The number of carbonyl (C=O) groups excluding carboxylic acids is 3. The van der Waals surface area contributed by atoms with Crippen LogP contribution in [0.25, 0.3) is 0 Å². The van der Waals surface area contributed by atoms with Crippen LogP contribution < -0.4 is 4.90 Å². The molecular weight excluding hydrogens is 452 g/mol. The standard InChI is InChI=1S/C18H24N10O6/c1-4-32-16(29)10-25-7-13(19-22-25)28(14-8-26(23-20-14)11-17(30)33-5-2)15-9-27(24-21-15)12-18(31)34-6-3/h7-9H,4-6,10-12H2,1-3H3. The number of aromatic nitrogens is 9. The smallest absolute Gasteiger partial charge is 0.327 e. The van der Waals surface area contributed by atoms with Crippen molar-refractivity contribution in [3.63, 3.8) is 0 Å². The zero-order valence-corrected chi connectivity index (χ0v) is 18.9. The van der Waals surface area contributed by atoms with Gasteiger partial charge in [-0.15, -0.1) is 15.3 Å². The molecule has 0 fully saturated rings. The first-order valence-corrected chi connectivity index (χ1v) is 10.4. The number of nitrogens with zero attached hydrogens (tertiary/aromatic N) is 10. The van der Waals surface area contributed by atoms with Gasteiger partial charge in [-0.05, 0) is 20.8 Å². The molecule has 0 N–H and O–H groups in total. The maximum atomic E-state index is 11.8. The summed E-state index contributed by atoms with van der Waals surface area (Å²) >= 11 is 0. The van der Waals surface area contributed by atoms with E-state index < -0.39 is 17.9 Å². The number of ether oxygens (including phenoxy) is 3. The minimum absolute atomic E-state index is 0.153. The van der Waals surface area contributed by atoms with Crippen LogP contribution in [0.4, 0.5) is 17.5 Å². The number of rotatable bonds is 12. The van der Waals surface area contributed by atoms with Crippen molar-refractivity contribution >= 4 is 35.4 Å². The second-order valence-corrected chi connectivity index (χ2v) is 6.57. The van der Waals surface area contributed by atoms with Gasteiger partial charge in [0.05, 0.1) is 38.4 Å². The van der Waals surface area contributed by atoms with E-state index in [0.29, 0.717) is 0 Å². The Kier molecular flexibility index (Phi) is 8.20. The van der Waals surface area contributed by atoms with E-state index in [-0.39, 0.29) is 56.9 Å². The highest BCUT2D eigenvalue weighted by molar-refractivity contribution is 5.72. The fourth-order valence-electron chi connectivity index (χ4n) is 2.77. The normalized spacial score (nSPS) is 10.7. The number of hydrogen-bond acceptors (Lipinski definition) is 13. The van der Waals surface area contributed by atoms with Gasteiger partial charge in [0.2, 0.25) is 0 Å². The van der Waals surface area contributed by atoms with Crippen LogP contribution in [-0.2, 0) is 48.2 Å². The second kappa shape index (κ2) is 11.5. The summed E-state index contributed by atoms with van der Waals surface area (Å²) in [5, 5.41) is 24.0. The Bertz CT molecular complexity index is 984. The lowest BCUT2D eigenvalue weighted by atomic mass is 10.5. The van der Waals surface area contributed by atoms with Crippen LogP contribution in [0.1, 0.15) is 20.8 Å². The number of anilines is 3. The van der Waals surface area contributed by atoms with E-state index in [9.17, 15) is 14.4 Å². The van der Waals surface area contributed by atoms with Gasteiger partial charge in [0, 0.05) is 0 Å². The molecule has 3 aromatic heterocycles. The van der Waals surface area contributed by atoms with Gasteiger partial charge in [0.1, 0.15) is 19.6 Å². The minimum Gasteiger partial charge on any atom is -0.465 e. The lowest BCUT2D eigenvalue weighted by Crippen LogP contribution is -2.15. The summed E-state index contributed by atoms with van der Waals surface area (Å²) in [6, 6.07) is 0. The van der Waals surface area contributed by atoms with E-state index in [1.165, 1.54) is 37.5 Å². The third kappa shape index (κ3) is 6.33.